The Hall–Kier alpha value is -3.85. The Morgan fingerprint density at radius 2 is 1.43 bits per heavy atom. The molecule has 42 heavy (non-hydrogen) atoms. The first-order valence-corrected chi connectivity index (χ1v) is 15.4. The minimum Gasteiger partial charge on any atom is -0.357 e. The van der Waals surface area contributed by atoms with Crippen LogP contribution in [0.15, 0.2) is 108 Å². The monoisotopic (exact) mass is 623 g/mol. The molecule has 10 heteroatoms. The van der Waals surface area contributed by atoms with Crippen molar-refractivity contribution < 1.29 is 18.0 Å². The van der Waals surface area contributed by atoms with Crippen LogP contribution in [0.5, 0.6) is 0 Å². The Morgan fingerprint density at radius 1 is 0.833 bits per heavy atom. The van der Waals surface area contributed by atoms with E-state index >= 15 is 0 Å². The maximum Gasteiger partial charge on any atom is 0.264 e. The van der Waals surface area contributed by atoms with Crippen LogP contribution in [-0.4, -0.2) is 44.8 Å². The van der Waals surface area contributed by atoms with E-state index in [4.69, 9.17) is 23.2 Å². The zero-order valence-corrected chi connectivity index (χ0v) is 25.5. The maximum absolute atomic E-state index is 14.3. The van der Waals surface area contributed by atoms with Crippen LogP contribution in [0.1, 0.15) is 16.7 Å². The van der Waals surface area contributed by atoms with Gasteiger partial charge in [0, 0.05) is 35.6 Å². The number of amides is 2. The van der Waals surface area contributed by atoms with E-state index < -0.39 is 34.4 Å². The van der Waals surface area contributed by atoms with Crippen LogP contribution >= 0.6 is 23.2 Å². The number of nitrogens with zero attached hydrogens (tertiary/aromatic N) is 2. The van der Waals surface area contributed by atoms with Gasteiger partial charge in [-0.05, 0) is 54.4 Å². The topological polar surface area (TPSA) is 86.8 Å². The fraction of sp³-hybridized carbons (Fsp3) is 0.188. The summed E-state index contributed by atoms with van der Waals surface area (Å²) in [6, 6.07) is 28.1. The molecule has 0 fully saturated rings. The maximum atomic E-state index is 14.3. The largest absolute Gasteiger partial charge is 0.357 e. The Labute approximate surface area is 256 Å². The first kappa shape index (κ1) is 31.1. The number of likely N-dealkylation sites (N-methyl/N-ethyl adjacent to an activating group) is 1. The van der Waals surface area contributed by atoms with E-state index in [0.29, 0.717) is 21.3 Å². The van der Waals surface area contributed by atoms with Crippen molar-refractivity contribution in [1.82, 2.24) is 10.2 Å². The summed E-state index contributed by atoms with van der Waals surface area (Å²) < 4.78 is 29.0. The van der Waals surface area contributed by atoms with Gasteiger partial charge in [0.25, 0.3) is 10.0 Å². The van der Waals surface area contributed by atoms with Gasteiger partial charge in [-0.25, -0.2) is 8.42 Å². The molecule has 4 aromatic rings. The van der Waals surface area contributed by atoms with Crippen LogP contribution in [-0.2, 0) is 32.6 Å². The lowest BCUT2D eigenvalue weighted by molar-refractivity contribution is -0.139. The lowest BCUT2D eigenvalue weighted by atomic mass is 10.0. The van der Waals surface area contributed by atoms with Gasteiger partial charge in [0.05, 0.1) is 10.6 Å². The molecule has 4 rings (SSSR count). The van der Waals surface area contributed by atoms with Gasteiger partial charge in [0.15, 0.2) is 0 Å². The second-order valence-corrected chi connectivity index (χ2v) is 12.4. The zero-order valence-electron chi connectivity index (χ0n) is 23.2. The number of benzene rings is 4. The molecule has 218 valence electrons. The summed E-state index contributed by atoms with van der Waals surface area (Å²) in [5, 5.41) is 3.30. The van der Waals surface area contributed by atoms with Crippen molar-refractivity contribution >= 4 is 50.7 Å². The Kier molecular flexibility index (Phi) is 10.3. The van der Waals surface area contributed by atoms with Gasteiger partial charge in [-0.1, -0.05) is 89.9 Å². The molecule has 0 aliphatic heterocycles. The van der Waals surface area contributed by atoms with Gasteiger partial charge in [0.2, 0.25) is 11.8 Å². The van der Waals surface area contributed by atoms with Crippen molar-refractivity contribution in [2.45, 2.75) is 30.8 Å². The predicted octanol–water partition coefficient (Wildman–Crippen LogP) is 5.88. The molecule has 0 aliphatic rings. The molecule has 0 radical (unpaired) electrons. The lowest BCUT2D eigenvalue weighted by Gasteiger charge is -2.34. The third kappa shape index (κ3) is 7.31. The zero-order chi connectivity index (χ0) is 30.3. The summed E-state index contributed by atoms with van der Waals surface area (Å²) in [7, 11) is -2.68. The molecule has 0 spiro atoms. The molecule has 0 heterocycles. The summed E-state index contributed by atoms with van der Waals surface area (Å²) in [5.41, 5.74) is 2.41. The van der Waals surface area contributed by atoms with E-state index in [-0.39, 0.29) is 17.9 Å². The van der Waals surface area contributed by atoms with Crippen molar-refractivity contribution in [3.05, 3.63) is 130 Å². The van der Waals surface area contributed by atoms with E-state index in [0.717, 1.165) is 15.4 Å². The molecule has 7 nitrogen and oxygen atoms in total. The molecule has 0 aromatic heterocycles. The summed E-state index contributed by atoms with van der Waals surface area (Å²) in [6.07, 6.45) is 0.185. The summed E-state index contributed by atoms with van der Waals surface area (Å²) in [4.78, 5) is 29.0. The quantitative estimate of drug-likeness (QED) is 0.226. The van der Waals surface area contributed by atoms with Crippen molar-refractivity contribution in [3.63, 3.8) is 0 Å². The third-order valence-electron chi connectivity index (χ3n) is 6.81. The number of carbonyl (C=O) groups is 2. The summed E-state index contributed by atoms with van der Waals surface area (Å²) in [5.74, 6) is -1.01. The fourth-order valence-electron chi connectivity index (χ4n) is 4.61. The van der Waals surface area contributed by atoms with Gasteiger partial charge in [-0.15, -0.1) is 0 Å². The first-order valence-electron chi connectivity index (χ1n) is 13.2. The van der Waals surface area contributed by atoms with Crippen LogP contribution in [0.2, 0.25) is 10.0 Å². The van der Waals surface area contributed by atoms with E-state index in [9.17, 15) is 18.0 Å². The van der Waals surface area contributed by atoms with Crippen molar-refractivity contribution in [2.24, 2.45) is 0 Å². The van der Waals surface area contributed by atoms with Gasteiger partial charge >= 0.3 is 0 Å². The number of halogens is 2. The molecular formula is C32H31Cl2N3O4S. The number of carbonyl (C=O) groups excluding carboxylic acids is 2. The number of rotatable bonds is 11. The number of nitrogens with one attached hydrogen (secondary N) is 1. The average Bonchev–Trinajstić information content (AvgIpc) is 2.99. The van der Waals surface area contributed by atoms with Crippen molar-refractivity contribution in [1.29, 1.82) is 0 Å². The SMILES string of the molecule is CNC(=O)[C@@H](Cc1ccccc1)N(Cc1c(Cl)cccc1Cl)C(=O)CN(c1cccc(C)c1)S(=O)(=O)c1ccccc1. The normalized spacial score (nSPS) is 11.9. The highest BCUT2D eigenvalue weighted by Gasteiger charge is 2.35. The first-order chi connectivity index (χ1) is 20.1. The predicted molar refractivity (Wildman–Crippen MR) is 167 cm³/mol. The van der Waals surface area contributed by atoms with Gasteiger partial charge in [-0.2, -0.15) is 0 Å². The van der Waals surface area contributed by atoms with Crippen LogP contribution < -0.4 is 9.62 Å². The second-order valence-electron chi connectivity index (χ2n) is 9.71. The van der Waals surface area contributed by atoms with Crippen LogP contribution in [0, 0.1) is 6.92 Å². The molecule has 0 unspecified atom stereocenters. The molecule has 2 amide bonds. The highest BCUT2D eigenvalue weighted by atomic mass is 35.5. The third-order valence-corrected chi connectivity index (χ3v) is 9.30. The number of hydrogen-bond donors (Lipinski definition) is 1. The fourth-order valence-corrected chi connectivity index (χ4v) is 6.55. The average molecular weight is 625 g/mol. The number of sulfonamides is 1. The lowest BCUT2D eigenvalue weighted by Crippen LogP contribution is -2.53. The highest BCUT2D eigenvalue weighted by Crippen LogP contribution is 2.29. The Bertz CT molecular complexity index is 1630. The van der Waals surface area contributed by atoms with E-state index in [2.05, 4.69) is 5.32 Å². The molecule has 1 atom stereocenters. The molecule has 1 N–H and O–H groups in total. The minimum atomic E-state index is -4.17. The number of anilines is 1. The Morgan fingerprint density at radius 3 is 2.02 bits per heavy atom. The minimum absolute atomic E-state index is 0.0344. The van der Waals surface area contributed by atoms with Crippen LogP contribution in [0.3, 0.4) is 0 Å². The molecule has 4 aromatic carbocycles. The van der Waals surface area contributed by atoms with E-state index in [1.807, 2.05) is 43.3 Å². The molecular weight excluding hydrogens is 593 g/mol. The van der Waals surface area contributed by atoms with Gasteiger partial charge in [0.1, 0.15) is 12.6 Å². The van der Waals surface area contributed by atoms with Gasteiger partial charge in [-0.3, -0.25) is 13.9 Å². The smallest absolute Gasteiger partial charge is 0.264 e. The van der Waals surface area contributed by atoms with Crippen molar-refractivity contribution in [3.8, 4) is 0 Å². The molecule has 0 saturated heterocycles. The molecule has 0 aliphatic carbocycles. The highest BCUT2D eigenvalue weighted by molar-refractivity contribution is 7.92. The van der Waals surface area contributed by atoms with E-state index in [1.165, 1.54) is 24.1 Å². The molecule has 0 saturated carbocycles. The summed E-state index contributed by atoms with van der Waals surface area (Å²) in [6.45, 7) is 1.16. The number of hydrogen-bond acceptors (Lipinski definition) is 4. The number of aryl methyl sites for hydroxylation is 1. The van der Waals surface area contributed by atoms with Crippen LogP contribution in [0.25, 0.3) is 0 Å². The standard InChI is InChI=1S/C32H31Cl2N3O4S/c1-23-11-9-14-25(19-23)37(42(40,41)26-15-7-4-8-16-26)22-31(38)36(21-27-28(33)17-10-18-29(27)34)30(32(39)35-2)20-24-12-5-3-6-13-24/h3-19,30H,20-22H2,1-2H3,(H,35,39)/t30-/m1/s1. The second kappa shape index (κ2) is 13.9. The summed E-state index contributed by atoms with van der Waals surface area (Å²) >= 11 is 13.0. The van der Waals surface area contributed by atoms with E-state index in [1.54, 1.807) is 54.6 Å². The van der Waals surface area contributed by atoms with Crippen LogP contribution in [0.4, 0.5) is 5.69 Å². The van der Waals surface area contributed by atoms with Gasteiger partial charge < -0.3 is 10.2 Å². The Balaban J connectivity index is 1.82. The van der Waals surface area contributed by atoms with Crippen molar-refractivity contribution in [2.75, 3.05) is 17.9 Å². The molecule has 0 bridgehead atoms.